The number of pyridine rings is 1. The smallest absolute Gasteiger partial charge is 0.330 e. The molecular weight excluding hydrogens is 375 g/mol. The Hall–Kier alpha value is -3.10. The molecule has 1 saturated heterocycles. The molecule has 3 rings (SSSR count). The highest BCUT2D eigenvalue weighted by Gasteiger charge is 2.32. The van der Waals surface area contributed by atoms with E-state index < -0.39 is 29.8 Å². The molecule has 1 aromatic carbocycles. The van der Waals surface area contributed by atoms with Crippen LogP contribution in [0.25, 0.3) is 0 Å². The number of amides is 2. The number of hydrogen-bond acceptors (Lipinski definition) is 3. The number of aromatic nitrogens is 1. The summed E-state index contributed by atoms with van der Waals surface area (Å²) >= 11 is 0. The van der Waals surface area contributed by atoms with Crippen LogP contribution < -0.4 is 10.5 Å². The number of benzene rings is 1. The predicted molar refractivity (Wildman–Crippen MR) is 95.8 cm³/mol. The zero-order valence-electron chi connectivity index (χ0n) is 15.1. The van der Waals surface area contributed by atoms with Crippen molar-refractivity contribution in [1.29, 1.82) is 0 Å². The van der Waals surface area contributed by atoms with Crippen LogP contribution in [0.4, 0.5) is 18.9 Å². The molecule has 0 atom stereocenters. The Morgan fingerprint density at radius 1 is 1.04 bits per heavy atom. The minimum absolute atomic E-state index is 0.194. The summed E-state index contributed by atoms with van der Waals surface area (Å²) in [7, 11) is 0. The van der Waals surface area contributed by atoms with E-state index in [4.69, 9.17) is 0 Å². The molecule has 148 valence electrons. The van der Waals surface area contributed by atoms with Gasteiger partial charge < -0.3 is 14.4 Å². The number of carbonyl (C=O) groups is 2. The summed E-state index contributed by atoms with van der Waals surface area (Å²) in [4.78, 5) is 39.4. The lowest BCUT2D eigenvalue weighted by atomic mass is 10.2. The minimum Gasteiger partial charge on any atom is -0.330 e. The Morgan fingerprint density at radius 2 is 1.71 bits per heavy atom. The summed E-state index contributed by atoms with van der Waals surface area (Å²) in [6.07, 6.45) is -4.00. The lowest BCUT2D eigenvalue weighted by Gasteiger charge is -2.34. The van der Waals surface area contributed by atoms with Crippen molar-refractivity contribution in [2.45, 2.75) is 19.6 Å². The molecule has 1 aliphatic heterocycles. The number of aryl methyl sites for hydroxylation is 1. The van der Waals surface area contributed by atoms with Crippen LogP contribution in [0.2, 0.25) is 0 Å². The molecular formula is C19H18F3N3O3. The number of carbonyl (C=O) groups excluding carboxylic acids is 2. The Morgan fingerprint density at radius 3 is 2.32 bits per heavy atom. The van der Waals surface area contributed by atoms with Crippen molar-refractivity contribution < 1.29 is 22.8 Å². The third-order valence-corrected chi connectivity index (χ3v) is 4.54. The van der Waals surface area contributed by atoms with Crippen molar-refractivity contribution in [1.82, 2.24) is 9.47 Å². The van der Waals surface area contributed by atoms with Gasteiger partial charge in [-0.05, 0) is 25.1 Å². The average molecular weight is 393 g/mol. The largest absolute Gasteiger partial charge is 0.417 e. The molecule has 0 radical (unpaired) electrons. The average Bonchev–Trinajstić information content (AvgIpc) is 2.63. The van der Waals surface area contributed by atoms with E-state index >= 15 is 0 Å². The summed E-state index contributed by atoms with van der Waals surface area (Å²) in [5.41, 5.74) is 0.0412. The van der Waals surface area contributed by atoms with Crippen LogP contribution in [0.15, 0.2) is 47.4 Å². The summed E-state index contributed by atoms with van der Waals surface area (Å²) in [6, 6.07) is 8.82. The van der Waals surface area contributed by atoms with Crippen LogP contribution in [0.5, 0.6) is 0 Å². The van der Waals surface area contributed by atoms with Gasteiger partial charge in [-0.15, -0.1) is 0 Å². The molecule has 9 heteroatoms. The lowest BCUT2D eigenvalue weighted by Crippen LogP contribution is -2.53. The van der Waals surface area contributed by atoms with E-state index in [1.54, 1.807) is 4.90 Å². The Balaban J connectivity index is 1.69. The molecule has 28 heavy (non-hydrogen) atoms. The Bertz CT molecular complexity index is 951. The van der Waals surface area contributed by atoms with Gasteiger partial charge in [-0.25, -0.2) is 0 Å². The molecule has 1 aromatic heterocycles. The van der Waals surface area contributed by atoms with Crippen LogP contribution in [-0.2, 0) is 22.3 Å². The number of hydrogen-bond donors (Lipinski definition) is 0. The fourth-order valence-corrected chi connectivity index (χ4v) is 2.95. The highest BCUT2D eigenvalue weighted by atomic mass is 19.4. The van der Waals surface area contributed by atoms with E-state index in [9.17, 15) is 27.6 Å². The second-order valence-electron chi connectivity index (χ2n) is 6.58. The first-order valence-corrected chi connectivity index (χ1v) is 8.57. The third kappa shape index (κ3) is 4.24. The number of anilines is 1. The van der Waals surface area contributed by atoms with Gasteiger partial charge in [0.15, 0.2) is 0 Å². The van der Waals surface area contributed by atoms with E-state index in [1.165, 1.54) is 4.90 Å². The van der Waals surface area contributed by atoms with Gasteiger partial charge in [-0.1, -0.05) is 17.7 Å². The maximum absolute atomic E-state index is 12.8. The van der Waals surface area contributed by atoms with Gasteiger partial charge in [0, 0.05) is 31.0 Å². The zero-order valence-corrected chi connectivity index (χ0v) is 15.1. The van der Waals surface area contributed by atoms with Gasteiger partial charge in [0.2, 0.25) is 11.8 Å². The molecule has 0 bridgehead atoms. The molecule has 2 heterocycles. The number of nitrogens with zero attached hydrogens (tertiary/aromatic N) is 3. The molecule has 0 spiro atoms. The molecule has 0 unspecified atom stereocenters. The SMILES string of the molecule is Cc1ccc(N2CCN(C(=O)Cn3cc(C(F)(F)F)ccc3=O)CC2=O)cc1. The van der Waals surface area contributed by atoms with Crippen molar-refractivity contribution in [2.24, 2.45) is 0 Å². The summed E-state index contributed by atoms with van der Waals surface area (Å²) < 4.78 is 39.1. The standard InChI is InChI=1S/C19H18F3N3O3/c1-13-2-5-15(6-3-13)25-9-8-23(12-18(25)28)17(27)11-24-10-14(19(20,21)22)4-7-16(24)26/h2-7,10H,8-9,11-12H2,1H3. The van der Waals surface area contributed by atoms with E-state index in [0.29, 0.717) is 16.8 Å². The molecule has 2 amide bonds. The van der Waals surface area contributed by atoms with Gasteiger partial charge in [0.1, 0.15) is 13.1 Å². The highest BCUT2D eigenvalue weighted by Crippen LogP contribution is 2.28. The van der Waals surface area contributed by atoms with Gasteiger partial charge in [0.05, 0.1) is 5.56 Å². The summed E-state index contributed by atoms with van der Waals surface area (Å²) in [5.74, 6) is -0.877. The van der Waals surface area contributed by atoms with Crippen molar-refractivity contribution in [3.8, 4) is 0 Å². The fraction of sp³-hybridized carbons (Fsp3) is 0.316. The molecule has 1 fully saturated rings. The molecule has 0 aliphatic carbocycles. The number of piperazine rings is 1. The second kappa shape index (κ2) is 7.49. The van der Waals surface area contributed by atoms with E-state index in [0.717, 1.165) is 17.3 Å². The predicted octanol–water partition coefficient (Wildman–Crippen LogP) is 2.05. The van der Waals surface area contributed by atoms with Gasteiger partial charge in [0.25, 0.3) is 5.56 Å². The molecule has 2 aromatic rings. The monoisotopic (exact) mass is 393 g/mol. The molecule has 0 N–H and O–H groups in total. The van der Waals surface area contributed by atoms with Crippen LogP contribution in [-0.4, -0.2) is 40.9 Å². The molecule has 6 nitrogen and oxygen atoms in total. The lowest BCUT2D eigenvalue weighted by molar-refractivity contribution is -0.139. The fourth-order valence-electron chi connectivity index (χ4n) is 2.95. The van der Waals surface area contributed by atoms with Crippen molar-refractivity contribution in [3.05, 3.63) is 64.1 Å². The van der Waals surface area contributed by atoms with Gasteiger partial charge in [-0.3, -0.25) is 14.4 Å². The number of halogens is 3. The van der Waals surface area contributed by atoms with Gasteiger partial charge in [-0.2, -0.15) is 13.2 Å². The van der Waals surface area contributed by atoms with Gasteiger partial charge >= 0.3 is 6.18 Å². The second-order valence-corrected chi connectivity index (χ2v) is 6.58. The first-order valence-electron chi connectivity index (χ1n) is 8.57. The maximum Gasteiger partial charge on any atom is 0.417 e. The maximum atomic E-state index is 12.8. The summed E-state index contributed by atoms with van der Waals surface area (Å²) in [6.45, 7) is 1.68. The van der Waals surface area contributed by atoms with Crippen molar-refractivity contribution in [3.63, 3.8) is 0 Å². The Labute approximate surface area is 158 Å². The highest BCUT2D eigenvalue weighted by molar-refractivity contribution is 5.97. The molecule has 0 saturated carbocycles. The Kier molecular flexibility index (Phi) is 5.26. The first kappa shape index (κ1) is 19.7. The third-order valence-electron chi connectivity index (χ3n) is 4.54. The van der Waals surface area contributed by atoms with E-state index in [2.05, 4.69) is 0 Å². The van der Waals surface area contributed by atoms with Crippen LogP contribution >= 0.6 is 0 Å². The normalized spacial score (nSPS) is 15.1. The summed E-state index contributed by atoms with van der Waals surface area (Å²) in [5, 5.41) is 0. The van der Waals surface area contributed by atoms with Crippen LogP contribution in [0.1, 0.15) is 11.1 Å². The van der Waals surface area contributed by atoms with E-state index in [-0.39, 0.29) is 25.5 Å². The number of alkyl halides is 3. The number of rotatable bonds is 3. The van der Waals surface area contributed by atoms with Crippen molar-refractivity contribution >= 4 is 17.5 Å². The molecule has 1 aliphatic rings. The quantitative estimate of drug-likeness (QED) is 0.802. The van der Waals surface area contributed by atoms with Crippen molar-refractivity contribution in [2.75, 3.05) is 24.5 Å². The topological polar surface area (TPSA) is 62.6 Å². The van der Waals surface area contributed by atoms with E-state index in [1.807, 2.05) is 31.2 Å². The minimum atomic E-state index is -4.62. The first-order chi connectivity index (χ1) is 13.1. The van der Waals surface area contributed by atoms with Crippen LogP contribution in [0.3, 0.4) is 0 Å². The van der Waals surface area contributed by atoms with Crippen LogP contribution in [0, 0.1) is 6.92 Å². The zero-order chi connectivity index (χ0) is 20.5.